The van der Waals surface area contributed by atoms with Crippen LogP contribution in [0, 0.1) is 5.92 Å². The average Bonchev–Trinajstić information content (AvgIpc) is 2.70. The third-order valence-electron chi connectivity index (χ3n) is 5.52. The van der Waals surface area contributed by atoms with Crippen LogP contribution in [0.4, 0.5) is 5.69 Å². The summed E-state index contributed by atoms with van der Waals surface area (Å²) in [5.74, 6) is 0.641. The van der Waals surface area contributed by atoms with E-state index >= 15 is 0 Å². The summed E-state index contributed by atoms with van der Waals surface area (Å²) in [6.45, 7) is 4.25. The van der Waals surface area contributed by atoms with Crippen molar-refractivity contribution in [2.24, 2.45) is 5.92 Å². The lowest BCUT2D eigenvalue weighted by Gasteiger charge is -2.43. The maximum Gasteiger partial charge on any atom is 0.250 e. The number of aromatic nitrogens is 1. The normalized spacial score (nSPS) is 21.2. The Morgan fingerprint density at radius 3 is 2.79 bits per heavy atom. The number of likely N-dealkylation sites (tertiary alicyclic amines) is 1. The number of hydrogen-bond acceptors (Lipinski definition) is 4. The molecule has 29 heavy (non-hydrogen) atoms. The van der Waals surface area contributed by atoms with E-state index in [0.29, 0.717) is 11.8 Å². The standard InChI is InChI=1S/C21H22BrN3O2S2/c1-13(20(27)23-17-6-3-2-5-16(17)22)29-21(28)24-10-14-9-15(12-24)18-7-4-8-19(26)25(18)11-14/h2-8,13-15H,9-12H2,1H3,(H,23,27)/t13-,14+,15+/m1/s1. The van der Waals surface area contributed by atoms with E-state index in [9.17, 15) is 9.59 Å². The minimum atomic E-state index is -0.300. The number of hydrogen-bond donors (Lipinski definition) is 1. The molecule has 3 atom stereocenters. The molecule has 1 aromatic carbocycles. The van der Waals surface area contributed by atoms with E-state index in [-0.39, 0.29) is 16.7 Å². The molecule has 5 nitrogen and oxygen atoms in total. The highest BCUT2D eigenvalue weighted by molar-refractivity contribution is 9.10. The first-order valence-electron chi connectivity index (χ1n) is 9.63. The van der Waals surface area contributed by atoms with Crippen molar-refractivity contribution in [3.63, 3.8) is 0 Å². The number of thioether (sulfide) groups is 1. The Morgan fingerprint density at radius 1 is 1.21 bits per heavy atom. The van der Waals surface area contributed by atoms with Crippen LogP contribution in [0.5, 0.6) is 0 Å². The van der Waals surface area contributed by atoms with Crippen LogP contribution in [0.25, 0.3) is 0 Å². The molecule has 152 valence electrons. The van der Waals surface area contributed by atoms with Crippen LogP contribution in [0.2, 0.25) is 0 Å². The Labute approximate surface area is 188 Å². The molecule has 1 amide bonds. The summed E-state index contributed by atoms with van der Waals surface area (Å²) in [6.07, 6.45) is 1.09. The molecule has 2 aromatic rings. The molecule has 0 unspecified atom stereocenters. The second-order valence-corrected chi connectivity index (χ2v) is 10.4. The molecule has 3 heterocycles. The number of carbonyl (C=O) groups is 1. The molecule has 2 bridgehead atoms. The van der Waals surface area contributed by atoms with E-state index in [1.54, 1.807) is 6.07 Å². The monoisotopic (exact) mass is 491 g/mol. The van der Waals surface area contributed by atoms with Gasteiger partial charge >= 0.3 is 0 Å². The number of halogens is 1. The fourth-order valence-electron chi connectivity index (χ4n) is 4.12. The first kappa shape index (κ1) is 20.6. The number of nitrogens with zero attached hydrogens (tertiary/aromatic N) is 2. The lowest BCUT2D eigenvalue weighted by Crippen LogP contribution is -2.48. The van der Waals surface area contributed by atoms with Crippen LogP contribution in [0.3, 0.4) is 0 Å². The quantitative estimate of drug-likeness (QED) is 0.655. The number of nitrogens with one attached hydrogen (secondary N) is 1. The zero-order chi connectivity index (χ0) is 20.5. The first-order valence-corrected chi connectivity index (χ1v) is 11.7. The largest absolute Gasteiger partial charge is 0.356 e. The first-order chi connectivity index (χ1) is 13.9. The Morgan fingerprint density at radius 2 is 2.00 bits per heavy atom. The summed E-state index contributed by atoms with van der Waals surface area (Å²) < 4.78 is 3.52. The topological polar surface area (TPSA) is 54.3 Å². The molecule has 1 fully saturated rings. The van der Waals surface area contributed by atoms with Gasteiger partial charge in [-0.05, 0) is 53.4 Å². The number of amides is 1. The highest BCUT2D eigenvalue weighted by Gasteiger charge is 2.35. The van der Waals surface area contributed by atoms with Crippen LogP contribution in [0.15, 0.2) is 51.7 Å². The Balaban J connectivity index is 1.40. The van der Waals surface area contributed by atoms with Crippen molar-refractivity contribution in [1.29, 1.82) is 0 Å². The predicted octanol–water partition coefficient (Wildman–Crippen LogP) is 4.08. The second-order valence-electron chi connectivity index (χ2n) is 7.60. The van der Waals surface area contributed by atoms with Crippen LogP contribution in [-0.4, -0.2) is 38.0 Å². The van der Waals surface area contributed by atoms with Crippen molar-refractivity contribution in [3.05, 3.63) is 63.0 Å². The van der Waals surface area contributed by atoms with Crippen LogP contribution in [0.1, 0.15) is 25.0 Å². The minimum absolute atomic E-state index is 0.0710. The molecule has 2 aliphatic rings. The summed E-state index contributed by atoms with van der Waals surface area (Å²) >= 11 is 10.6. The van der Waals surface area contributed by atoms with Gasteiger partial charge in [0, 0.05) is 41.8 Å². The van der Waals surface area contributed by atoms with Crippen molar-refractivity contribution >= 4 is 55.8 Å². The molecule has 2 aliphatic heterocycles. The second kappa shape index (κ2) is 8.62. The SMILES string of the molecule is C[C@@H](SC(=S)N1C[C@@H]2C[C@@H](C1)c1cccc(=O)n1C2)C(=O)Nc1ccccc1Br. The Hall–Kier alpha value is -1.64. The molecular weight excluding hydrogens is 470 g/mol. The highest BCUT2D eigenvalue weighted by Crippen LogP contribution is 2.36. The van der Waals surface area contributed by atoms with Gasteiger partial charge in [0.1, 0.15) is 4.32 Å². The van der Waals surface area contributed by atoms with Crippen molar-refractivity contribution in [2.45, 2.75) is 31.1 Å². The van der Waals surface area contributed by atoms with E-state index in [1.807, 2.05) is 41.8 Å². The van der Waals surface area contributed by atoms with Gasteiger partial charge in [0.2, 0.25) is 5.91 Å². The number of thiocarbonyl (C=S) groups is 1. The Bertz CT molecular complexity index is 1010. The van der Waals surface area contributed by atoms with E-state index in [4.69, 9.17) is 12.2 Å². The number of carbonyl (C=O) groups excluding carboxylic acids is 1. The van der Waals surface area contributed by atoms with Crippen LogP contribution in [-0.2, 0) is 11.3 Å². The number of piperidine rings is 1. The van der Waals surface area contributed by atoms with Crippen molar-refractivity contribution < 1.29 is 4.79 Å². The number of pyridine rings is 1. The van der Waals surface area contributed by atoms with Gasteiger partial charge in [-0.2, -0.15) is 0 Å². The summed E-state index contributed by atoms with van der Waals surface area (Å²) in [5, 5.41) is 2.65. The van der Waals surface area contributed by atoms with Crippen molar-refractivity contribution in [2.75, 3.05) is 18.4 Å². The zero-order valence-electron chi connectivity index (χ0n) is 16.0. The molecule has 8 heteroatoms. The van der Waals surface area contributed by atoms with E-state index < -0.39 is 0 Å². The van der Waals surface area contributed by atoms with Gasteiger partial charge in [-0.15, -0.1) is 0 Å². The molecule has 0 aliphatic carbocycles. The molecule has 0 radical (unpaired) electrons. The smallest absolute Gasteiger partial charge is 0.250 e. The summed E-state index contributed by atoms with van der Waals surface area (Å²) in [5.41, 5.74) is 1.94. The van der Waals surface area contributed by atoms with Gasteiger partial charge in [0.05, 0.1) is 10.9 Å². The van der Waals surface area contributed by atoms with Gasteiger partial charge in [0.15, 0.2) is 0 Å². The maximum atomic E-state index is 12.6. The number of fused-ring (bicyclic) bond motifs is 4. The van der Waals surface area contributed by atoms with E-state index in [2.05, 4.69) is 32.2 Å². The minimum Gasteiger partial charge on any atom is -0.356 e. The molecule has 1 aromatic heterocycles. The summed E-state index contributed by atoms with van der Waals surface area (Å²) in [4.78, 5) is 27.0. The van der Waals surface area contributed by atoms with Gasteiger partial charge in [-0.3, -0.25) is 9.59 Å². The third kappa shape index (κ3) is 4.44. The van der Waals surface area contributed by atoms with Gasteiger partial charge in [-0.25, -0.2) is 0 Å². The van der Waals surface area contributed by atoms with Crippen molar-refractivity contribution in [1.82, 2.24) is 9.47 Å². The highest BCUT2D eigenvalue weighted by atomic mass is 79.9. The molecule has 1 saturated heterocycles. The molecule has 4 rings (SSSR count). The van der Waals surface area contributed by atoms with E-state index in [1.165, 1.54) is 11.8 Å². The van der Waals surface area contributed by atoms with Crippen LogP contribution >= 0.6 is 39.9 Å². The number of anilines is 1. The Kier molecular flexibility index (Phi) is 6.13. The van der Waals surface area contributed by atoms with Gasteiger partial charge in [-0.1, -0.05) is 42.2 Å². The summed E-state index contributed by atoms with van der Waals surface area (Å²) in [6, 6.07) is 13.1. The molecular formula is C21H22BrN3O2S2. The number of benzene rings is 1. The van der Waals surface area contributed by atoms with Crippen LogP contribution < -0.4 is 10.9 Å². The fourth-order valence-corrected chi connectivity index (χ4v) is 5.85. The molecule has 0 spiro atoms. The average molecular weight is 492 g/mol. The fraction of sp³-hybridized carbons (Fsp3) is 0.381. The molecule has 1 N–H and O–H groups in total. The maximum absolute atomic E-state index is 12.6. The predicted molar refractivity (Wildman–Crippen MR) is 126 cm³/mol. The van der Waals surface area contributed by atoms with Gasteiger partial charge < -0.3 is 14.8 Å². The lowest BCUT2D eigenvalue weighted by molar-refractivity contribution is -0.115. The lowest BCUT2D eigenvalue weighted by atomic mass is 9.83. The summed E-state index contributed by atoms with van der Waals surface area (Å²) in [7, 11) is 0. The van der Waals surface area contributed by atoms with Gasteiger partial charge in [0.25, 0.3) is 5.56 Å². The number of rotatable bonds is 3. The zero-order valence-corrected chi connectivity index (χ0v) is 19.2. The van der Waals surface area contributed by atoms with Crippen molar-refractivity contribution in [3.8, 4) is 0 Å². The number of para-hydroxylation sites is 1. The van der Waals surface area contributed by atoms with E-state index in [0.717, 1.165) is 46.2 Å². The third-order valence-corrected chi connectivity index (χ3v) is 7.78. The molecule has 0 saturated carbocycles.